The van der Waals surface area contributed by atoms with Crippen molar-refractivity contribution in [1.82, 2.24) is 4.98 Å². The number of methoxy groups -OCH3 is 1. The van der Waals surface area contributed by atoms with Crippen molar-refractivity contribution in [2.24, 2.45) is 5.92 Å². The molecule has 0 atom stereocenters. The van der Waals surface area contributed by atoms with E-state index in [4.69, 9.17) is 4.74 Å². The number of carbonyl (C=O) groups excluding carboxylic acids is 1. The number of nitrogens with one attached hydrogen (secondary N) is 1. The largest absolute Gasteiger partial charge is 0.465 e. The Morgan fingerprint density at radius 2 is 2.22 bits per heavy atom. The highest BCUT2D eigenvalue weighted by molar-refractivity contribution is 5.94. The number of rotatable bonds is 4. The molecule has 0 unspecified atom stereocenters. The molecule has 0 spiro atoms. The van der Waals surface area contributed by atoms with Gasteiger partial charge in [0.2, 0.25) is 0 Å². The molecule has 0 aliphatic heterocycles. The second-order valence-electron chi connectivity index (χ2n) is 4.78. The first-order valence-corrected chi connectivity index (χ1v) is 6.58. The van der Waals surface area contributed by atoms with E-state index in [1.807, 2.05) is 0 Å². The zero-order valence-corrected chi connectivity index (χ0v) is 10.8. The van der Waals surface area contributed by atoms with Gasteiger partial charge in [-0.3, -0.25) is 0 Å². The fourth-order valence-electron chi connectivity index (χ4n) is 2.45. The number of anilines is 1. The van der Waals surface area contributed by atoms with E-state index in [1.54, 1.807) is 18.3 Å². The summed E-state index contributed by atoms with van der Waals surface area (Å²) < 4.78 is 4.75. The summed E-state index contributed by atoms with van der Waals surface area (Å²) in [5.41, 5.74) is 0.510. The first-order chi connectivity index (χ1) is 8.81. The fourth-order valence-corrected chi connectivity index (χ4v) is 2.45. The van der Waals surface area contributed by atoms with Crippen LogP contribution in [0.5, 0.6) is 0 Å². The molecular formula is C14H20N2O2. The summed E-state index contributed by atoms with van der Waals surface area (Å²) in [5, 5.41) is 3.29. The van der Waals surface area contributed by atoms with Crippen molar-refractivity contribution in [3.8, 4) is 0 Å². The van der Waals surface area contributed by atoms with E-state index in [0.29, 0.717) is 17.3 Å². The Balaban J connectivity index is 1.97. The van der Waals surface area contributed by atoms with Gasteiger partial charge in [0.05, 0.1) is 7.11 Å². The number of nitrogens with zero attached hydrogens (tertiary/aromatic N) is 1. The van der Waals surface area contributed by atoms with Crippen molar-refractivity contribution in [3.05, 3.63) is 23.9 Å². The summed E-state index contributed by atoms with van der Waals surface area (Å²) >= 11 is 0. The van der Waals surface area contributed by atoms with Crippen LogP contribution in [0, 0.1) is 5.92 Å². The molecule has 1 fully saturated rings. The van der Waals surface area contributed by atoms with Crippen LogP contribution in [-0.2, 0) is 4.74 Å². The zero-order chi connectivity index (χ0) is 12.8. The zero-order valence-electron chi connectivity index (χ0n) is 10.8. The number of esters is 1. The number of aromatic nitrogens is 1. The molecule has 1 aromatic heterocycles. The molecule has 0 aromatic carbocycles. The summed E-state index contributed by atoms with van der Waals surface area (Å²) in [6.45, 7) is 0.890. The molecule has 18 heavy (non-hydrogen) atoms. The van der Waals surface area contributed by atoms with Gasteiger partial charge in [-0.25, -0.2) is 9.78 Å². The van der Waals surface area contributed by atoms with Gasteiger partial charge < -0.3 is 10.1 Å². The van der Waals surface area contributed by atoms with E-state index in [0.717, 1.165) is 6.54 Å². The minimum Gasteiger partial charge on any atom is -0.465 e. The molecule has 4 heteroatoms. The first-order valence-electron chi connectivity index (χ1n) is 6.58. The maximum atomic E-state index is 11.6. The molecule has 2 rings (SSSR count). The molecule has 0 bridgehead atoms. The lowest BCUT2D eigenvalue weighted by Crippen LogP contribution is -2.19. The van der Waals surface area contributed by atoms with Crippen LogP contribution in [0.1, 0.15) is 42.5 Å². The van der Waals surface area contributed by atoms with Gasteiger partial charge in [0, 0.05) is 12.7 Å². The van der Waals surface area contributed by atoms with Crippen molar-refractivity contribution in [2.75, 3.05) is 19.0 Å². The number of hydrogen-bond donors (Lipinski definition) is 1. The SMILES string of the molecule is COC(=O)c1cccnc1NCC1CCCCC1. The van der Waals surface area contributed by atoms with Crippen molar-refractivity contribution < 1.29 is 9.53 Å². The van der Waals surface area contributed by atoms with Gasteiger partial charge in [0.15, 0.2) is 0 Å². The van der Waals surface area contributed by atoms with E-state index in [-0.39, 0.29) is 5.97 Å². The van der Waals surface area contributed by atoms with Gasteiger partial charge in [0.25, 0.3) is 0 Å². The van der Waals surface area contributed by atoms with Gasteiger partial charge in [0.1, 0.15) is 11.4 Å². The van der Waals surface area contributed by atoms with Crippen LogP contribution in [0.15, 0.2) is 18.3 Å². The van der Waals surface area contributed by atoms with Crippen LogP contribution in [0.3, 0.4) is 0 Å². The molecule has 1 heterocycles. The highest BCUT2D eigenvalue weighted by Crippen LogP contribution is 2.24. The van der Waals surface area contributed by atoms with E-state index < -0.39 is 0 Å². The Morgan fingerprint density at radius 1 is 1.44 bits per heavy atom. The molecule has 0 radical (unpaired) electrons. The average Bonchev–Trinajstić information content (AvgIpc) is 2.45. The topological polar surface area (TPSA) is 51.2 Å². The molecule has 1 aromatic rings. The number of ether oxygens (including phenoxy) is 1. The van der Waals surface area contributed by atoms with Crippen molar-refractivity contribution >= 4 is 11.8 Å². The smallest absolute Gasteiger partial charge is 0.341 e. The van der Waals surface area contributed by atoms with Gasteiger partial charge in [-0.2, -0.15) is 0 Å². The second-order valence-corrected chi connectivity index (χ2v) is 4.78. The Bertz CT molecular complexity index is 401. The van der Waals surface area contributed by atoms with Crippen LogP contribution in [0.2, 0.25) is 0 Å². The van der Waals surface area contributed by atoms with Gasteiger partial charge >= 0.3 is 5.97 Å². The summed E-state index contributed by atoms with van der Waals surface area (Å²) in [6, 6.07) is 3.49. The van der Waals surface area contributed by atoms with Gasteiger partial charge in [-0.1, -0.05) is 19.3 Å². The highest BCUT2D eigenvalue weighted by atomic mass is 16.5. The minimum atomic E-state index is -0.339. The third-order valence-corrected chi connectivity index (χ3v) is 3.50. The van der Waals surface area contributed by atoms with Crippen molar-refractivity contribution in [2.45, 2.75) is 32.1 Å². The summed E-state index contributed by atoms with van der Waals surface area (Å²) in [4.78, 5) is 15.8. The first kappa shape index (κ1) is 12.9. The maximum Gasteiger partial charge on any atom is 0.341 e. The van der Waals surface area contributed by atoms with Crippen molar-refractivity contribution in [3.63, 3.8) is 0 Å². The predicted octanol–water partition coefficient (Wildman–Crippen LogP) is 2.86. The molecule has 1 N–H and O–H groups in total. The number of carbonyl (C=O) groups is 1. The molecule has 0 saturated heterocycles. The summed E-state index contributed by atoms with van der Waals surface area (Å²) in [5.74, 6) is 0.996. The summed E-state index contributed by atoms with van der Waals surface area (Å²) in [6.07, 6.45) is 8.22. The molecule has 0 amide bonds. The Morgan fingerprint density at radius 3 is 2.94 bits per heavy atom. The average molecular weight is 248 g/mol. The molecular weight excluding hydrogens is 228 g/mol. The lowest BCUT2D eigenvalue weighted by atomic mass is 9.89. The van der Waals surface area contributed by atoms with Crippen LogP contribution >= 0.6 is 0 Å². The van der Waals surface area contributed by atoms with Crippen LogP contribution < -0.4 is 5.32 Å². The number of pyridine rings is 1. The van der Waals surface area contributed by atoms with Gasteiger partial charge in [-0.15, -0.1) is 0 Å². The van der Waals surface area contributed by atoms with Crippen LogP contribution in [0.4, 0.5) is 5.82 Å². The van der Waals surface area contributed by atoms with Crippen LogP contribution in [0.25, 0.3) is 0 Å². The van der Waals surface area contributed by atoms with E-state index in [9.17, 15) is 4.79 Å². The Hall–Kier alpha value is -1.58. The lowest BCUT2D eigenvalue weighted by molar-refractivity contribution is 0.0601. The fraction of sp³-hybridized carbons (Fsp3) is 0.571. The van der Waals surface area contributed by atoms with E-state index in [1.165, 1.54) is 39.2 Å². The highest BCUT2D eigenvalue weighted by Gasteiger charge is 2.16. The minimum absolute atomic E-state index is 0.339. The third kappa shape index (κ3) is 3.22. The van der Waals surface area contributed by atoms with Crippen LogP contribution in [-0.4, -0.2) is 24.6 Å². The number of hydrogen-bond acceptors (Lipinski definition) is 4. The quantitative estimate of drug-likeness (QED) is 0.832. The molecule has 1 saturated carbocycles. The van der Waals surface area contributed by atoms with Gasteiger partial charge in [-0.05, 0) is 30.9 Å². The van der Waals surface area contributed by atoms with Crippen molar-refractivity contribution in [1.29, 1.82) is 0 Å². The van der Waals surface area contributed by atoms with E-state index in [2.05, 4.69) is 10.3 Å². The Kier molecular flexibility index (Phi) is 4.56. The Labute approximate surface area is 108 Å². The lowest BCUT2D eigenvalue weighted by Gasteiger charge is -2.22. The predicted molar refractivity (Wildman–Crippen MR) is 70.6 cm³/mol. The molecule has 1 aliphatic rings. The standard InChI is InChI=1S/C14H20N2O2/c1-18-14(17)12-8-5-9-15-13(12)16-10-11-6-3-2-4-7-11/h5,8-9,11H,2-4,6-7,10H2,1H3,(H,15,16). The third-order valence-electron chi connectivity index (χ3n) is 3.50. The molecule has 98 valence electrons. The second kappa shape index (κ2) is 6.38. The summed E-state index contributed by atoms with van der Waals surface area (Å²) in [7, 11) is 1.39. The monoisotopic (exact) mass is 248 g/mol. The molecule has 4 nitrogen and oxygen atoms in total. The van der Waals surface area contributed by atoms with E-state index >= 15 is 0 Å². The molecule has 1 aliphatic carbocycles. The maximum absolute atomic E-state index is 11.6. The normalized spacial score (nSPS) is 16.3.